The molecule has 0 heterocycles. The van der Waals surface area contributed by atoms with Gasteiger partial charge in [0.25, 0.3) is 0 Å². The number of anilines is 1. The topological polar surface area (TPSA) is 80.4 Å². The van der Waals surface area contributed by atoms with Crippen LogP contribution in [0.5, 0.6) is 0 Å². The highest BCUT2D eigenvalue weighted by Gasteiger charge is 2.02. The van der Waals surface area contributed by atoms with Crippen LogP contribution in [-0.2, 0) is 0 Å². The van der Waals surface area contributed by atoms with Crippen LogP contribution in [0.2, 0.25) is 0 Å². The molecule has 0 aliphatic heterocycles. The molecule has 0 atom stereocenters. The Labute approximate surface area is 116 Å². The Kier molecular flexibility index (Phi) is 3.96. The van der Waals surface area contributed by atoms with Crippen LogP contribution < -0.4 is 5.73 Å². The SMILES string of the molecule is Nc1ccc(C(=O)/C=C/c2ccc(C(=O)O)cc2)cc1. The second-order valence-corrected chi connectivity index (χ2v) is 4.25. The summed E-state index contributed by atoms with van der Waals surface area (Å²) in [5.74, 6) is -1.11. The number of hydrogen-bond acceptors (Lipinski definition) is 3. The summed E-state index contributed by atoms with van der Waals surface area (Å²) in [6, 6.07) is 13.0. The molecule has 0 unspecified atom stereocenters. The molecule has 100 valence electrons. The standard InChI is InChI=1S/C16H13NO3/c17-14-8-6-12(7-9-14)15(18)10-3-11-1-4-13(5-2-11)16(19)20/h1-10H,17H2,(H,19,20)/b10-3+. The third kappa shape index (κ3) is 3.32. The predicted octanol–water partition coefficient (Wildman–Crippen LogP) is 2.86. The first kappa shape index (κ1) is 13.5. The number of nitrogens with two attached hydrogens (primary N) is 1. The van der Waals surface area contributed by atoms with E-state index in [9.17, 15) is 9.59 Å². The highest BCUT2D eigenvalue weighted by Crippen LogP contribution is 2.10. The van der Waals surface area contributed by atoms with Gasteiger partial charge in [0.15, 0.2) is 5.78 Å². The van der Waals surface area contributed by atoms with Gasteiger partial charge in [-0.15, -0.1) is 0 Å². The minimum Gasteiger partial charge on any atom is -0.478 e. The molecule has 0 radical (unpaired) electrons. The van der Waals surface area contributed by atoms with E-state index in [-0.39, 0.29) is 11.3 Å². The van der Waals surface area contributed by atoms with Gasteiger partial charge in [-0.05, 0) is 48.0 Å². The van der Waals surface area contributed by atoms with E-state index in [2.05, 4.69) is 0 Å². The normalized spacial score (nSPS) is 10.6. The van der Waals surface area contributed by atoms with Crippen LogP contribution in [0.4, 0.5) is 5.69 Å². The maximum Gasteiger partial charge on any atom is 0.335 e. The van der Waals surface area contributed by atoms with Crippen molar-refractivity contribution in [3.63, 3.8) is 0 Å². The van der Waals surface area contributed by atoms with Crippen LogP contribution >= 0.6 is 0 Å². The molecular weight excluding hydrogens is 254 g/mol. The number of aromatic carboxylic acids is 1. The number of carboxylic acid groups (broad SMARTS) is 1. The van der Waals surface area contributed by atoms with Crippen LogP contribution in [-0.4, -0.2) is 16.9 Å². The highest BCUT2D eigenvalue weighted by atomic mass is 16.4. The molecule has 0 saturated carbocycles. The summed E-state index contributed by atoms with van der Waals surface area (Å²) in [5.41, 5.74) is 7.69. The van der Waals surface area contributed by atoms with Crippen molar-refractivity contribution < 1.29 is 14.7 Å². The van der Waals surface area contributed by atoms with Crippen molar-refractivity contribution in [3.05, 3.63) is 71.3 Å². The first-order valence-corrected chi connectivity index (χ1v) is 5.97. The quantitative estimate of drug-likeness (QED) is 0.507. The molecular formula is C16H13NO3. The smallest absolute Gasteiger partial charge is 0.335 e. The van der Waals surface area contributed by atoms with Gasteiger partial charge in [0.05, 0.1) is 5.56 Å². The minimum absolute atomic E-state index is 0.132. The van der Waals surface area contributed by atoms with E-state index in [4.69, 9.17) is 10.8 Å². The zero-order valence-corrected chi connectivity index (χ0v) is 10.6. The van der Waals surface area contributed by atoms with Crippen molar-refractivity contribution in [3.8, 4) is 0 Å². The number of carboxylic acids is 1. The van der Waals surface area contributed by atoms with E-state index < -0.39 is 5.97 Å². The first-order valence-electron chi connectivity index (χ1n) is 5.97. The van der Waals surface area contributed by atoms with Gasteiger partial charge >= 0.3 is 5.97 Å². The lowest BCUT2D eigenvalue weighted by Crippen LogP contribution is -1.96. The van der Waals surface area contributed by atoms with E-state index in [0.717, 1.165) is 5.56 Å². The number of hydrogen-bond donors (Lipinski definition) is 2. The summed E-state index contributed by atoms with van der Waals surface area (Å²) in [7, 11) is 0. The molecule has 2 rings (SSSR count). The fourth-order valence-corrected chi connectivity index (χ4v) is 1.65. The van der Waals surface area contributed by atoms with Gasteiger partial charge < -0.3 is 10.8 Å². The van der Waals surface area contributed by atoms with E-state index >= 15 is 0 Å². The van der Waals surface area contributed by atoms with Crippen molar-refractivity contribution in [2.75, 3.05) is 5.73 Å². The molecule has 0 aliphatic rings. The third-order valence-electron chi connectivity index (χ3n) is 2.78. The van der Waals surface area contributed by atoms with Crippen LogP contribution in [0, 0.1) is 0 Å². The largest absolute Gasteiger partial charge is 0.478 e. The summed E-state index contributed by atoms with van der Waals surface area (Å²) in [5, 5.41) is 8.78. The zero-order valence-electron chi connectivity index (χ0n) is 10.6. The molecule has 2 aromatic rings. The van der Waals surface area contributed by atoms with Crippen molar-refractivity contribution in [2.45, 2.75) is 0 Å². The van der Waals surface area contributed by atoms with Crippen molar-refractivity contribution in [1.29, 1.82) is 0 Å². The van der Waals surface area contributed by atoms with Crippen molar-refractivity contribution in [1.82, 2.24) is 0 Å². The molecule has 0 aliphatic carbocycles. The second kappa shape index (κ2) is 5.84. The molecule has 0 amide bonds. The Morgan fingerprint density at radius 1 is 0.900 bits per heavy atom. The van der Waals surface area contributed by atoms with Gasteiger partial charge in [-0.25, -0.2) is 4.79 Å². The Hall–Kier alpha value is -2.88. The molecule has 0 bridgehead atoms. The van der Waals surface area contributed by atoms with Gasteiger partial charge in [0.2, 0.25) is 0 Å². The first-order chi connectivity index (χ1) is 9.56. The van der Waals surface area contributed by atoms with Gasteiger partial charge in [-0.1, -0.05) is 18.2 Å². The molecule has 2 aromatic carbocycles. The number of carbonyl (C=O) groups is 2. The molecule has 0 fully saturated rings. The van der Waals surface area contributed by atoms with Gasteiger partial charge in [-0.3, -0.25) is 4.79 Å². The maximum absolute atomic E-state index is 11.9. The monoisotopic (exact) mass is 267 g/mol. The number of rotatable bonds is 4. The van der Waals surface area contributed by atoms with Gasteiger partial charge in [0.1, 0.15) is 0 Å². The summed E-state index contributed by atoms with van der Waals surface area (Å²) in [6.45, 7) is 0. The second-order valence-electron chi connectivity index (χ2n) is 4.25. The molecule has 4 heteroatoms. The predicted molar refractivity (Wildman–Crippen MR) is 77.6 cm³/mol. The zero-order chi connectivity index (χ0) is 14.5. The average Bonchev–Trinajstić information content (AvgIpc) is 2.46. The van der Waals surface area contributed by atoms with E-state index in [1.54, 1.807) is 42.5 Å². The summed E-state index contributed by atoms with van der Waals surface area (Å²) < 4.78 is 0. The van der Waals surface area contributed by atoms with Gasteiger partial charge in [0, 0.05) is 11.3 Å². The Bertz CT molecular complexity index is 655. The molecule has 3 N–H and O–H groups in total. The number of nitrogen functional groups attached to an aromatic ring is 1. The lowest BCUT2D eigenvalue weighted by Gasteiger charge is -1.98. The maximum atomic E-state index is 11.9. The number of ketones is 1. The summed E-state index contributed by atoms with van der Waals surface area (Å²) in [4.78, 5) is 22.6. The lowest BCUT2D eigenvalue weighted by atomic mass is 10.1. The molecule has 0 saturated heterocycles. The number of allylic oxidation sites excluding steroid dienone is 1. The molecule has 0 aromatic heterocycles. The van der Waals surface area contributed by atoms with Crippen LogP contribution in [0.1, 0.15) is 26.3 Å². The van der Waals surface area contributed by atoms with Gasteiger partial charge in [-0.2, -0.15) is 0 Å². The minimum atomic E-state index is -0.974. The van der Waals surface area contributed by atoms with Crippen molar-refractivity contribution >= 4 is 23.5 Å². The summed E-state index contributed by atoms with van der Waals surface area (Å²) >= 11 is 0. The molecule has 20 heavy (non-hydrogen) atoms. The van der Waals surface area contributed by atoms with Crippen LogP contribution in [0.3, 0.4) is 0 Å². The Morgan fingerprint density at radius 3 is 2.00 bits per heavy atom. The molecule has 0 spiro atoms. The fourth-order valence-electron chi connectivity index (χ4n) is 1.65. The lowest BCUT2D eigenvalue weighted by molar-refractivity contribution is 0.0696. The van der Waals surface area contributed by atoms with Crippen LogP contribution in [0.15, 0.2) is 54.6 Å². The van der Waals surface area contributed by atoms with Crippen molar-refractivity contribution in [2.24, 2.45) is 0 Å². The van der Waals surface area contributed by atoms with E-state index in [1.807, 2.05) is 0 Å². The third-order valence-corrected chi connectivity index (χ3v) is 2.78. The average molecular weight is 267 g/mol. The number of benzene rings is 2. The number of carbonyl (C=O) groups excluding carboxylic acids is 1. The highest BCUT2D eigenvalue weighted by molar-refractivity contribution is 6.07. The fraction of sp³-hybridized carbons (Fsp3) is 0. The Morgan fingerprint density at radius 2 is 1.45 bits per heavy atom. The summed E-state index contributed by atoms with van der Waals surface area (Å²) in [6.07, 6.45) is 3.09. The van der Waals surface area contributed by atoms with Crippen LogP contribution in [0.25, 0.3) is 6.08 Å². The molecule has 4 nitrogen and oxygen atoms in total. The Balaban J connectivity index is 2.10. The van der Waals surface area contributed by atoms with E-state index in [0.29, 0.717) is 11.3 Å². The van der Waals surface area contributed by atoms with E-state index in [1.165, 1.54) is 18.2 Å².